The van der Waals surface area contributed by atoms with Crippen LogP contribution in [0.4, 0.5) is 11.6 Å². The van der Waals surface area contributed by atoms with Gasteiger partial charge in [0.1, 0.15) is 17.5 Å². The summed E-state index contributed by atoms with van der Waals surface area (Å²) in [5, 5.41) is 6.95. The second kappa shape index (κ2) is 8.08. The molecule has 114 valence electrons. The summed E-state index contributed by atoms with van der Waals surface area (Å²) in [6.45, 7) is 13.9. The van der Waals surface area contributed by atoms with Gasteiger partial charge in [-0.3, -0.25) is 0 Å². The number of aromatic nitrogens is 2. The molecule has 4 nitrogen and oxygen atoms in total. The monoisotopic (exact) mass is 278 g/mol. The largest absolute Gasteiger partial charge is 0.370 e. The van der Waals surface area contributed by atoms with Crippen LogP contribution in [0.1, 0.15) is 58.8 Å². The third kappa shape index (κ3) is 4.36. The van der Waals surface area contributed by atoms with Crippen molar-refractivity contribution in [3.8, 4) is 0 Å². The summed E-state index contributed by atoms with van der Waals surface area (Å²) in [6.07, 6.45) is 3.09. The van der Waals surface area contributed by atoms with Crippen molar-refractivity contribution in [3.05, 3.63) is 11.4 Å². The lowest BCUT2D eigenvalue weighted by Gasteiger charge is -2.23. The van der Waals surface area contributed by atoms with Gasteiger partial charge in [-0.2, -0.15) is 0 Å². The fourth-order valence-corrected chi connectivity index (χ4v) is 2.29. The molecule has 4 heteroatoms. The molecular weight excluding hydrogens is 248 g/mol. The van der Waals surface area contributed by atoms with Crippen LogP contribution in [0, 0.1) is 12.8 Å². The molecule has 0 radical (unpaired) electrons. The fourth-order valence-electron chi connectivity index (χ4n) is 2.29. The van der Waals surface area contributed by atoms with Gasteiger partial charge >= 0.3 is 0 Å². The summed E-state index contributed by atoms with van der Waals surface area (Å²) in [6, 6.07) is 0.451. The van der Waals surface area contributed by atoms with Crippen LogP contribution in [0.5, 0.6) is 0 Å². The van der Waals surface area contributed by atoms with E-state index in [2.05, 4.69) is 57.2 Å². The van der Waals surface area contributed by atoms with E-state index in [1.54, 1.807) is 0 Å². The second-order valence-electron chi connectivity index (χ2n) is 5.65. The van der Waals surface area contributed by atoms with Crippen molar-refractivity contribution in [3.63, 3.8) is 0 Å². The molecule has 0 saturated carbocycles. The third-order valence-corrected chi connectivity index (χ3v) is 3.58. The molecule has 1 unspecified atom stereocenters. The molecule has 2 N–H and O–H groups in total. The summed E-state index contributed by atoms with van der Waals surface area (Å²) in [7, 11) is 0. The zero-order valence-electron chi connectivity index (χ0n) is 13.9. The molecule has 0 aliphatic heterocycles. The van der Waals surface area contributed by atoms with Crippen molar-refractivity contribution in [1.29, 1.82) is 0 Å². The minimum Gasteiger partial charge on any atom is -0.370 e. The molecule has 20 heavy (non-hydrogen) atoms. The van der Waals surface area contributed by atoms with Gasteiger partial charge in [-0.15, -0.1) is 0 Å². The summed E-state index contributed by atoms with van der Waals surface area (Å²) in [5.74, 6) is 3.47. The number of anilines is 2. The molecule has 1 aromatic heterocycles. The van der Waals surface area contributed by atoms with Gasteiger partial charge in [-0.25, -0.2) is 9.97 Å². The Hall–Kier alpha value is -1.32. The zero-order valence-corrected chi connectivity index (χ0v) is 13.9. The van der Waals surface area contributed by atoms with E-state index in [-0.39, 0.29) is 0 Å². The highest BCUT2D eigenvalue weighted by molar-refractivity contribution is 5.57. The van der Waals surface area contributed by atoms with Gasteiger partial charge in [0.2, 0.25) is 0 Å². The Morgan fingerprint density at radius 2 is 1.70 bits per heavy atom. The maximum atomic E-state index is 4.71. The van der Waals surface area contributed by atoms with E-state index in [1.807, 2.05) is 0 Å². The summed E-state index contributed by atoms with van der Waals surface area (Å²) < 4.78 is 0. The molecule has 0 spiro atoms. The minimum absolute atomic E-state index is 0.451. The summed E-state index contributed by atoms with van der Waals surface area (Å²) in [4.78, 5) is 9.34. The molecular formula is C16H30N4. The highest BCUT2D eigenvalue weighted by Gasteiger charge is 2.16. The first kappa shape index (κ1) is 16.7. The van der Waals surface area contributed by atoms with E-state index in [0.29, 0.717) is 12.0 Å². The van der Waals surface area contributed by atoms with Crippen LogP contribution in [0.3, 0.4) is 0 Å². The molecule has 1 heterocycles. The first-order chi connectivity index (χ1) is 9.53. The average Bonchev–Trinajstić information content (AvgIpc) is 2.40. The molecule has 0 aliphatic rings. The van der Waals surface area contributed by atoms with E-state index < -0.39 is 0 Å². The SMILES string of the molecule is CCCc1nc(NCC)c(C)c(NC(CC)C(C)C)n1. The molecule has 1 atom stereocenters. The summed E-state index contributed by atoms with van der Waals surface area (Å²) in [5.41, 5.74) is 1.12. The first-order valence-electron chi connectivity index (χ1n) is 7.91. The fraction of sp³-hybridized carbons (Fsp3) is 0.750. The van der Waals surface area contributed by atoms with Gasteiger partial charge in [0.05, 0.1) is 0 Å². The minimum atomic E-state index is 0.451. The van der Waals surface area contributed by atoms with Crippen molar-refractivity contribution in [2.75, 3.05) is 17.2 Å². The van der Waals surface area contributed by atoms with Crippen LogP contribution in [-0.4, -0.2) is 22.6 Å². The molecule has 0 aromatic carbocycles. The zero-order chi connectivity index (χ0) is 15.1. The van der Waals surface area contributed by atoms with Gasteiger partial charge in [0, 0.05) is 24.6 Å². The Kier molecular flexibility index (Phi) is 6.76. The van der Waals surface area contributed by atoms with E-state index >= 15 is 0 Å². The average molecular weight is 278 g/mol. The highest BCUT2D eigenvalue weighted by atomic mass is 15.1. The Morgan fingerprint density at radius 3 is 2.20 bits per heavy atom. The maximum absolute atomic E-state index is 4.71. The lowest BCUT2D eigenvalue weighted by atomic mass is 10.0. The molecule has 0 amide bonds. The molecule has 0 fully saturated rings. The third-order valence-electron chi connectivity index (χ3n) is 3.58. The first-order valence-corrected chi connectivity index (χ1v) is 7.91. The van der Waals surface area contributed by atoms with Gasteiger partial charge in [-0.1, -0.05) is 27.7 Å². The van der Waals surface area contributed by atoms with E-state index in [9.17, 15) is 0 Å². The molecule has 0 aliphatic carbocycles. The van der Waals surface area contributed by atoms with Crippen molar-refractivity contribution in [2.24, 2.45) is 5.92 Å². The predicted octanol–water partition coefficient (Wildman–Crippen LogP) is 4.02. The van der Waals surface area contributed by atoms with Crippen LogP contribution >= 0.6 is 0 Å². The Balaban J connectivity index is 3.08. The van der Waals surface area contributed by atoms with Gasteiger partial charge in [-0.05, 0) is 32.6 Å². The number of nitrogens with one attached hydrogen (secondary N) is 2. The number of rotatable bonds is 8. The van der Waals surface area contributed by atoms with Crippen LogP contribution in [-0.2, 0) is 6.42 Å². The van der Waals surface area contributed by atoms with Crippen LogP contribution < -0.4 is 10.6 Å². The van der Waals surface area contributed by atoms with E-state index in [0.717, 1.165) is 48.8 Å². The van der Waals surface area contributed by atoms with Gasteiger partial charge in [0.25, 0.3) is 0 Å². The van der Waals surface area contributed by atoms with Crippen molar-refractivity contribution >= 4 is 11.6 Å². The topological polar surface area (TPSA) is 49.8 Å². The predicted molar refractivity (Wildman–Crippen MR) is 87.5 cm³/mol. The molecule has 0 bridgehead atoms. The maximum Gasteiger partial charge on any atom is 0.135 e. The highest BCUT2D eigenvalue weighted by Crippen LogP contribution is 2.23. The van der Waals surface area contributed by atoms with Crippen LogP contribution in [0.15, 0.2) is 0 Å². The quantitative estimate of drug-likeness (QED) is 0.754. The number of hydrogen-bond acceptors (Lipinski definition) is 4. The lowest BCUT2D eigenvalue weighted by molar-refractivity contribution is 0.509. The van der Waals surface area contributed by atoms with E-state index in [4.69, 9.17) is 4.98 Å². The molecule has 1 aromatic rings. The number of hydrogen-bond donors (Lipinski definition) is 2. The van der Waals surface area contributed by atoms with Crippen LogP contribution in [0.2, 0.25) is 0 Å². The Morgan fingerprint density at radius 1 is 1.05 bits per heavy atom. The van der Waals surface area contributed by atoms with Gasteiger partial charge in [0.15, 0.2) is 0 Å². The van der Waals surface area contributed by atoms with Gasteiger partial charge < -0.3 is 10.6 Å². The number of aryl methyl sites for hydroxylation is 1. The van der Waals surface area contributed by atoms with Crippen molar-refractivity contribution in [2.45, 2.75) is 66.8 Å². The van der Waals surface area contributed by atoms with Crippen molar-refractivity contribution < 1.29 is 0 Å². The summed E-state index contributed by atoms with van der Waals surface area (Å²) >= 11 is 0. The molecule has 1 rings (SSSR count). The Labute approximate surface area is 123 Å². The molecule has 0 saturated heterocycles. The van der Waals surface area contributed by atoms with Crippen molar-refractivity contribution in [1.82, 2.24) is 9.97 Å². The van der Waals surface area contributed by atoms with Crippen LogP contribution in [0.25, 0.3) is 0 Å². The normalized spacial score (nSPS) is 12.6. The number of nitrogens with zero attached hydrogens (tertiary/aromatic N) is 2. The Bertz CT molecular complexity index is 415. The van der Waals surface area contributed by atoms with E-state index in [1.165, 1.54) is 0 Å². The lowest BCUT2D eigenvalue weighted by Crippen LogP contribution is -2.26. The smallest absolute Gasteiger partial charge is 0.135 e. The standard InChI is InChI=1S/C16H30N4/c1-7-10-14-19-15(17-9-3)12(6)16(20-14)18-13(8-2)11(4)5/h11,13H,7-10H2,1-6H3,(H2,17,18,19,20). The second-order valence-corrected chi connectivity index (χ2v) is 5.65.